The minimum atomic E-state index is -0.506. The smallest absolute Gasteiger partial charge is 0.266 e. The van der Waals surface area contributed by atoms with Crippen molar-refractivity contribution in [2.75, 3.05) is 23.3 Å². The lowest BCUT2D eigenvalue weighted by Gasteiger charge is -2.18. The molecule has 1 heterocycles. The predicted octanol–water partition coefficient (Wildman–Crippen LogP) is 4.59. The van der Waals surface area contributed by atoms with Crippen LogP contribution in [0.3, 0.4) is 0 Å². The van der Waals surface area contributed by atoms with Crippen LogP contribution in [0.25, 0.3) is 6.08 Å². The summed E-state index contributed by atoms with van der Waals surface area (Å²) in [5.41, 5.74) is 3.66. The van der Waals surface area contributed by atoms with Crippen molar-refractivity contribution in [3.63, 3.8) is 0 Å². The highest BCUT2D eigenvalue weighted by atomic mass is 19.1. The number of nitrogens with zero attached hydrogens (tertiary/aromatic N) is 2. The Morgan fingerprint density at radius 1 is 1.19 bits per heavy atom. The first-order valence-corrected chi connectivity index (χ1v) is 9.03. The van der Waals surface area contributed by atoms with Gasteiger partial charge in [0.05, 0.1) is 5.69 Å². The van der Waals surface area contributed by atoms with Crippen LogP contribution in [-0.2, 0) is 4.79 Å². The summed E-state index contributed by atoms with van der Waals surface area (Å²) < 4.78 is 14.4. The van der Waals surface area contributed by atoms with Crippen LogP contribution in [0.4, 0.5) is 15.8 Å². The van der Waals surface area contributed by atoms with Crippen molar-refractivity contribution in [1.29, 1.82) is 5.26 Å². The Kier molecular flexibility index (Phi) is 5.56. The van der Waals surface area contributed by atoms with Crippen molar-refractivity contribution < 1.29 is 9.18 Å². The van der Waals surface area contributed by atoms with Crippen LogP contribution in [-0.4, -0.2) is 19.0 Å². The second kappa shape index (κ2) is 8.05. The maximum Gasteiger partial charge on any atom is 0.266 e. The van der Waals surface area contributed by atoms with Crippen LogP contribution >= 0.6 is 0 Å². The fraction of sp³-hybridized carbons (Fsp3) is 0.273. The van der Waals surface area contributed by atoms with Gasteiger partial charge in [-0.3, -0.25) is 4.79 Å². The first-order chi connectivity index (χ1) is 13.0. The van der Waals surface area contributed by atoms with Crippen molar-refractivity contribution >= 4 is 23.4 Å². The van der Waals surface area contributed by atoms with E-state index in [2.05, 4.69) is 5.32 Å². The van der Waals surface area contributed by atoms with E-state index in [1.54, 1.807) is 12.1 Å². The van der Waals surface area contributed by atoms with E-state index >= 15 is 0 Å². The highest BCUT2D eigenvalue weighted by Crippen LogP contribution is 2.25. The van der Waals surface area contributed by atoms with Gasteiger partial charge in [0, 0.05) is 18.8 Å². The number of anilines is 2. The lowest BCUT2D eigenvalue weighted by Crippen LogP contribution is -2.18. The van der Waals surface area contributed by atoms with Gasteiger partial charge in [0.1, 0.15) is 17.5 Å². The number of halogens is 1. The highest BCUT2D eigenvalue weighted by molar-refractivity contribution is 6.10. The van der Waals surface area contributed by atoms with E-state index < -0.39 is 5.91 Å². The van der Waals surface area contributed by atoms with Gasteiger partial charge >= 0.3 is 0 Å². The number of hydrogen-bond acceptors (Lipinski definition) is 3. The molecule has 0 spiro atoms. The van der Waals surface area contributed by atoms with Gasteiger partial charge in [-0.05, 0) is 62.1 Å². The zero-order valence-corrected chi connectivity index (χ0v) is 15.6. The molecular formula is C22H22FN3O. The molecule has 1 N–H and O–H groups in total. The van der Waals surface area contributed by atoms with E-state index in [0.29, 0.717) is 16.9 Å². The van der Waals surface area contributed by atoms with Gasteiger partial charge in [-0.2, -0.15) is 5.26 Å². The fourth-order valence-corrected chi connectivity index (χ4v) is 3.29. The van der Waals surface area contributed by atoms with Crippen LogP contribution in [0.5, 0.6) is 0 Å². The summed E-state index contributed by atoms with van der Waals surface area (Å²) in [6, 6.07) is 12.4. The van der Waals surface area contributed by atoms with Gasteiger partial charge in [-0.1, -0.05) is 23.8 Å². The van der Waals surface area contributed by atoms with E-state index in [0.717, 1.165) is 37.1 Å². The quantitative estimate of drug-likeness (QED) is 0.638. The third-order valence-electron chi connectivity index (χ3n) is 4.72. The zero-order chi connectivity index (χ0) is 19.4. The topological polar surface area (TPSA) is 56.1 Å². The monoisotopic (exact) mass is 363 g/mol. The molecule has 0 saturated carbocycles. The standard InChI is InChI=1S/C22H22FN3O/c1-15-5-7-20(16(2)11-15)25-22(27)18(14-24)12-17-6-8-21(19(23)13-17)26-9-3-4-10-26/h5-8,11-13H,3-4,9-10H2,1-2H3,(H,25,27)/b18-12-. The van der Waals surface area contributed by atoms with Crippen molar-refractivity contribution in [2.45, 2.75) is 26.7 Å². The Morgan fingerprint density at radius 3 is 2.56 bits per heavy atom. The molecule has 2 aromatic rings. The molecule has 4 nitrogen and oxygen atoms in total. The van der Waals surface area contributed by atoms with Crippen LogP contribution in [0.2, 0.25) is 0 Å². The molecule has 2 aromatic carbocycles. The molecule has 0 atom stereocenters. The maximum atomic E-state index is 14.4. The summed E-state index contributed by atoms with van der Waals surface area (Å²) in [6.07, 6.45) is 3.55. The zero-order valence-electron chi connectivity index (χ0n) is 15.6. The van der Waals surface area contributed by atoms with Crippen molar-refractivity contribution in [2.24, 2.45) is 0 Å². The van der Waals surface area contributed by atoms with Gasteiger partial charge in [-0.25, -0.2) is 4.39 Å². The molecule has 138 valence electrons. The summed E-state index contributed by atoms with van der Waals surface area (Å²) in [6.45, 7) is 5.58. The lowest BCUT2D eigenvalue weighted by molar-refractivity contribution is -0.112. The number of nitriles is 1. The number of nitrogens with one attached hydrogen (secondary N) is 1. The van der Waals surface area contributed by atoms with Crippen molar-refractivity contribution in [3.05, 3.63) is 64.5 Å². The van der Waals surface area contributed by atoms with Gasteiger partial charge in [0.2, 0.25) is 0 Å². The Bertz CT molecular complexity index is 937. The van der Waals surface area contributed by atoms with E-state index in [-0.39, 0.29) is 11.4 Å². The molecule has 0 bridgehead atoms. The maximum absolute atomic E-state index is 14.4. The SMILES string of the molecule is Cc1ccc(NC(=O)/C(C#N)=C\c2ccc(N3CCCC3)c(F)c2)c(C)c1. The van der Waals surface area contributed by atoms with Crippen LogP contribution in [0.1, 0.15) is 29.5 Å². The Balaban J connectivity index is 1.80. The lowest BCUT2D eigenvalue weighted by atomic mass is 10.1. The highest BCUT2D eigenvalue weighted by Gasteiger charge is 2.16. The molecule has 1 fully saturated rings. The molecule has 1 aliphatic rings. The molecule has 1 aliphatic heterocycles. The second-order valence-corrected chi connectivity index (χ2v) is 6.85. The molecule has 27 heavy (non-hydrogen) atoms. The van der Waals surface area contributed by atoms with Gasteiger partial charge in [-0.15, -0.1) is 0 Å². The largest absolute Gasteiger partial charge is 0.369 e. The predicted molar refractivity (Wildman–Crippen MR) is 106 cm³/mol. The summed E-state index contributed by atoms with van der Waals surface area (Å²) in [5, 5.41) is 12.1. The number of rotatable bonds is 4. The van der Waals surface area contributed by atoms with E-state index in [9.17, 15) is 14.4 Å². The Morgan fingerprint density at radius 2 is 1.93 bits per heavy atom. The number of carbonyl (C=O) groups is 1. The number of carbonyl (C=O) groups excluding carboxylic acids is 1. The molecule has 5 heteroatoms. The molecule has 0 unspecified atom stereocenters. The summed E-state index contributed by atoms with van der Waals surface area (Å²) in [7, 11) is 0. The number of aryl methyl sites for hydroxylation is 2. The van der Waals surface area contributed by atoms with E-state index in [1.807, 2.05) is 43.0 Å². The average Bonchev–Trinajstić information content (AvgIpc) is 3.16. The normalized spacial score (nSPS) is 14.1. The van der Waals surface area contributed by atoms with Gasteiger partial charge in [0.15, 0.2) is 0 Å². The molecule has 0 aliphatic carbocycles. The number of amides is 1. The fourth-order valence-electron chi connectivity index (χ4n) is 3.29. The van der Waals surface area contributed by atoms with Gasteiger partial charge < -0.3 is 10.2 Å². The summed E-state index contributed by atoms with van der Waals surface area (Å²) >= 11 is 0. The van der Waals surface area contributed by atoms with Gasteiger partial charge in [0.25, 0.3) is 5.91 Å². The van der Waals surface area contributed by atoms with Crippen molar-refractivity contribution in [3.8, 4) is 6.07 Å². The summed E-state index contributed by atoms with van der Waals surface area (Å²) in [5.74, 6) is -0.841. The molecular weight excluding hydrogens is 341 g/mol. The molecule has 0 aromatic heterocycles. The van der Waals surface area contributed by atoms with E-state index in [4.69, 9.17) is 0 Å². The van der Waals surface area contributed by atoms with Crippen LogP contribution < -0.4 is 10.2 Å². The van der Waals surface area contributed by atoms with Crippen LogP contribution in [0.15, 0.2) is 42.0 Å². The average molecular weight is 363 g/mol. The number of hydrogen-bond donors (Lipinski definition) is 1. The van der Waals surface area contributed by atoms with Crippen molar-refractivity contribution in [1.82, 2.24) is 0 Å². The third kappa shape index (κ3) is 4.35. The van der Waals surface area contributed by atoms with E-state index in [1.165, 1.54) is 12.1 Å². The minimum absolute atomic E-state index is 0.0664. The van der Waals surface area contributed by atoms with Crippen LogP contribution in [0, 0.1) is 31.0 Å². The minimum Gasteiger partial charge on any atom is -0.369 e. The molecule has 3 rings (SSSR count). The molecule has 0 radical (unpaired) electrons. The Hall–Kier alpha value is -3.13. The molecule has 1 amide bonds. The first kappa shape index (κ1) is 18.7. The molecule has 1 saturated heterocycles. The first-order valence-electron chi connectivity index (χ1n) is 9.03. The second-order valence-electron chi connectivity index (χ2n) is 6.85. The summed E-state index contributed by atoms with van der Waals surface area (Å²) in [4.78, 5) is 14.5. The Labute approximate surface area is 158 Å². The third-order valence-corrected chi connectivity index (χ3v) is 4.72. The number of benzene rings is 2.